The van der Waals surface area contributed by atoms with Crippen LogP contribution in [0.3, 0.4) is 0 Å². The molecule has 1 aliphatic heterocycles. The average molecular weight is 1310 g/mol. The van der Waals surface area contributed by atoms with Gasteiger partial charge in [0.2, 0.25) is 47.3 Å². The fourth-order valence-electron chi connectivity index (χ4n) is 10.4. The van der Waals surface area contributed by atoms with Crippen molar-refractivity contribution >= 4 is 88.3 Å². The van der Waals surface area contributed by atoms with E-state index in [1.165, 1.54) is 25.5 Å². The zero-order valence-corrected chi connectivity index (χ0v) is 53.4. The second kappa shape index (κ2) is 37.8. The second-order valence-electron chi connectivity index (χ2n) is 23.8. The number of aldehydes is 1. The van der Waals surface area contributed by atoms with Crippen LogP contribution in [0.5, 0.6) is 0 Å². The van der Waals surface area contributed by atoms with Crippen molar-refractivity contribution in [1.29, 1.82) is 0 Å². The Labute approximate surface area is 543 Å². The van der Waals surface area contributed by atoms with Crippen LogP contribution >= 0.6 is 0 Å². The molecule has 0 unspecified atom stereocenters. The molecule has 5 rings (SSSR count). The molecule has 0 radical (unpaired) electrons. The number of carboxylic acid groups (broad SMARTS) is 3. The molecule has 0 spiro atoms. The van der Waals surface area contributed by atoms with Crippen molar-refractivity contribution in [2.45, 2.75) is 110 Å². The number of aliphatic carboxylic acids is 3. The van der Waals surface area contributed by atoms with Gasteiger partial charge in [0.25, 0.3) is 5.91 Å². The lowest BCUT2D eigenvalue weighted by molar-refractivity contribution is -0.140. The number of hydrogen-bond donors (Lipinski definition) is 14. The highest BCUT2D eigenvalue weighted by Crippen LogP contribution is 2.20. The molecule has 15 N–H and O–H groups in total. The number of nitrogens with zero attached hydrogens (tertiary/aromatic N) is 5. The molecule has 94 heavy (non-hydrogen) atoms. The number of H-pyrrole nitrogens is 2. The molecule has 0 saturated carbocycles. The van der Waals surface area contributed by atoms with Gasteiger partial charge >= 0.3 is 17.9 Å². The van der Waals surface area contributed by atoms with Crippen LogP contribution in [0.15, 0.2) is 67.3 Å². The number of primary amides is 1. The van der Waals surface area contributed by atoms with Gasteiger partial charge in [-0.15, -0.1) is 0 Å². The fourth-order valence-corrected chi connectivity index (χ4v) is 10.4. The first kappa shape index (κ1) is 75.1. The number of fused-ring (bicyclic) bond motifs is 1. The number of carbonyl (C=O) groups excluding carboxylic acids is 10. The van der Waals surface area contributed by atoms with Gasteiger partial charge in [0.1, 0.15) is 36.5 Å². The first-order valence-corrected chi connectivity index (χ1v) is 30.9. The zero-order valence-electron chi connectivity index (χ0n) is 53.4. The summed E-state index contributed by atoms with van der Waals surface area (Å²) in [6, 6.07) is 5.73. The molecular formula is C62H88N16O16. The first-order valence-electron chi connectivity index (χ1n) is 30.9. The predicted octanol–water partition coefficient (Wildman–Crippen LogP) is -2.71. The van der Waals surface area contributed by atoms with Gasteiger partial charge in [-0.25, -0.2) is 4.98 Å². The average Bonchev–Trinajstić information content (AvgIpc) is 1.62. The number of para-hydroxylation sites is 1. The summed E-state index contributed by atoms with van der Waals surface area (Å²) in [4.78, 5) is 187. The molecule has 1 saturated heterocycles. The Kier molecular flexibility index (Phi) is 30.1. The molecule has 6 atom stereocenters. The minimum absolute atomic E-state index is 0.0164. The number of aromatic amines is 2. The lowest BCUT2D eigenvalue weighted by Gasteiger charge is -2.32. The van der Waals surface area contributed by atoms with Gasteiger partial charge in [-0.05, 0) is 54.9 Å². The van der Waals surface area contributed by atoms with Gasteiger partial charge in [0, 0.05) is 113 Å². The standard InChI is InChI=1S/C62H88N16O16/c1-37(2)24-43(35-79)70-61(93)49(26-42-29-64-36-68-42)71-51(81)30-67-62(94)56(38(3)4)74-57(89)39(5)69-60(92)48(25-41-28-65-46-13-9-8-11-44(41)46)73-59(91)47(14-15-50(63)80)72-58(90)45-12-7-6-10-40(45)27-66-52(82)31-75-16-18-76(32-53(83)84)20-22-78(34-55(87)88)23-21-77(19-17-75)33-54(85)86/h6-13,28-29,35-39,43,47-49,56,65H,14-27,30-34H2,1-5H3,(H2,63,80)(H,64,68)(H,66,82)(H,67,94)(H,69,92)(H,70,93)(H,71,81)(H,72,90)(H,73,91)(H,74,89)(H,83,84)(H,85,86)(H,87,88)/t39-,43-,47-,48-,49-,56-/m0/s1. The molecule has 32 nitrogen and oxygen atoms in total. The van der Waals surface area contributed by atoms with Crippen LogP contribution < -0.4 is 48.3 Å². The quantitative estimate of drug-likeness (QED) is 0.0208. The number of hydrogen-bond acceptors (Lipinski definition) is 18. The van der Waals surface area contributed by atoms with Crippen molar-refractivity contribution in [3.05, 3.63) is 89.6 Å². The van der Waals surface area contributed by atoms with E-state index in [4.69, 9.17) is 5.73 Å². The normalized spacial score (nSPS) is 15.7. The van der Waals surface area contributed by atoms with Crippen LogP contribution in [-0.2, 0) is 76.9 Å². The first-order chi connectivity index (χ1) is 44.7. The van der Waals surface area contributed by atoms with Crippen LogP contribution in [0.4, 0.5) is 0 Å². The summed E-state index contributed by atoms with van der Waals surface area (Å²) in [5.41, 5.74) is 7.63. The molecule has 0 aliphatic carbocycles. The van der Waals surface area contributed by atoms with Gasteiger partial charge in [0.15, 0.2) is 0 Å². The van der Waals surface area contributed by atoms with Gasteiger partial charge in [-0.3, -0.25) is 77.1 Å². The van der Waals surface area contributed by atoms with E-state index in [9.17, 15) is 77.6 Å². The molecule has 1 fully saturated rings. The largest absolute Gasteiger partial charge is 0.480 e. The minimum Gasteiger partial charge on any atom is -0.480 e. The SMILES string of the molecule is CC(C)C[C@@H](C=O)NC(=O)[C@H](Cc1cnc[nH]1)NC(=O)CNC(=O)[C@@H](NC(=O)[C@H](C)NC(=O)[C@H](Cc1c[nH]c2ccccc12)NC(=O)[C@H](CCC(N)=O)NC(=O)c1ccccc1CNC(=O)CN1CCN(CC(=O)O)CCN(CC(=O)O)CCN(CC(=O)O)CC1)C(C)C. The molecular weight excluding hydrogens is 1220 g/mol. The van der Waals surface area contributed by atoms with E-state index in [1.807, 2.05) is 13.8 Å². The Balaban J connectivity index is 1.27. The summed E-state index contributed by atoms with van der Waals surface area (Å²) in [5, 5.41) is 50.5. The molecule has 32 heteroatoms. The highest BCUT2D eigenvalue weighted by atomic mass is 16.4. The molecule has 9 amide bonds. The van der Waals surface area contributed by atoms with Crippen molar-refractivity contribution < 1.29 is 77.6 Å². The number of aromatic nitrogens is 3. The summed E-state index contributed by atoms with van der Waals surface area (Å²) in [6.45, 7) is 7.64. The number of benzene rings is 2. The van der Waals surface area contributed by atoms with Crippen molar-refractivity contribution in [3.8, 4) is 0 Å². The maximum absolute atomic E-state index is 14.5. The molecule has 3 heterocycles. The van der Waals surface area contributed by atoms with Crippen LogP contribution in [0.1, 0.15) is 81.1 Å². The van der Waals surface area contributed by atoms with Crippen molar-refractivity contribution in [1.82, 2.24) is 77.1 Å². The molecule has 0 bridgehead atoms. The number of amides is 9. The molecule has 4 aromatic rings. The fraction of sp³-hybridized carbons (Fsp3) is 0.516. The second-order valence-corrected chi connectivity index (χ2v) is 23.8. The van der Waals surface area contributed by atoms with Crippen LogP contribution in [0.25, 0.3) is 10.9 Å². The minimum atomic E-state index is -1.51. The van der Waals surface area contributed by atoms with Crippen LogP contribution in [0, 0.1) is 11.8 Å². The molecule has 512 valence electrons. The third-order valence-corrected chi connectivity index (χ3v) is 15.4. The number of carbonyl (C=O) groups is 13. The number of nitrogens with two attached hydrogens (primary N) is 1. The number of imidazole rings is 1. The Hall–Kier alpha value is -9.66. The lowest BCUT2D eigenvalue weighted by Crippen LogP contribution is -2.59. The van der Waals surface area contributed by atoms with Gasteiger partial charge in [0.05, 0.1) is 45.1 Å². The summed E-state index contributed by atoms with van der Waals surface area (Å²) in [7, 11) is 0. The number of rotatable bonds is 35. The Morgan fingerprint density at radius 3 is 1.69 bits per heavy atom. The van der Waals surface area contributed by atoms with E-state index in [1.54, 1.807) is 82.1 Å². The Morgan fingerprint density at radius 2 is 1.14 bits per heavy atom. The van der Waals surface area contributed by atoms with E-state index in [0.29, 0.717) is 40.4 Å². The summed E-state index contributed by atoms with van der Waals surface area (Å²) < 4.78 is 0. The highest BCUT2D eigenvalue weighted by molar-refractivity contribution is 6.00. The summed E-state index contributed by atoms with van der Waals surface area (Å²) in [5.74, 6) is -10.8. The third kappa shape index (κ3) is 25.8. The maximum Gasteiger partial charge on any atom is 0.317 e. The Morgan fingerprint density at radius 1 is 0.585 bits per heavy atom. The topological polar surface area (TPSA) is 462 Å². The van der Waals surface area contributed by atoms with Crippen molar-refractivity contribution in [3.63, 3.8) is 0 Å². The lowest BCUT2D eigenvalue weighted by atomic mass is 10.0. The number of nitrogens with one attached hydrogen (secondary N) is 10. The highest BCUT2D eigenvalue weighted by Gasteiger charge is 2.33. The van der Waals surface area contributed by atoms with Crippen molar-refractivity contribution in [2.75, 3.05) is 85.1 Å². The van der Waals surface area contributed by atoms with E-state index < -0.39 is 126 Å². The van der Waals surface area contributed by atoms with Gasteiger partial charge in [-0.2, -0.15) is 0 Å². The van der Waals surface area contributed by atoms with Gasteiger partial charge in [-0.1, -0.05) is 64.1 Å². The molecule has 2 aromatic carbocycles. The van der Waals surface area contributed by atoms with E-state index in [-0.39, 0.29) is 116 Å². The van der Waals surface area contributed by atoms with Crippen LogP contribution in [0.2, 0.25) is 0 Å². The summed E-state index contributed by atoms with van der Waals surface area (Å²) in [6.07, 6.45) is 4.53. The summed E-state index contributed by atoms with van der Waals surface area (Å²) >= 11 is 0. The maximum atomic E-state index is 14.5. The molecule has 2 aromatic heterocycles. The van der Waals surface area contributed by atoms with Crippen molar-refractivity contribution in [2.24, 2.45) is 17.6 Å². The van der Waals surface area contributed by atoms with Gasteiger partial charge < -0.3 is 78.4 Å². The van der Waals surface area contributed by atoms with E-state index in [0.717, 1.165) is 0 Å². The number of carboxylic acids is 3. The zero-order chi connectivity index (χ0) is 69.0. The smallest absolute Gasteiger partial charge is 0.317 e. The van der Waals surface area contributed by atoms with E-state index in [2.05, 4.69) is 57.5 Å². The third-order valence-electron chi connectivity index (χ3n) is 15.4. The molecule has 1 aliphatic rings. The van der Waals surface area contributed by atoms with Crippen LogP contribution in [-0.4, -0.2) is 249 Å². The monoisotopic (exact) mass is 1310 g/mol. The Bertz CT molecular complexity index is 3230. The van der Waals surface area contributed by atoms with E-state index >= 15 is 0 Å². The predicted molar refractivity (Wildman–Crippen MR) is 340 cm³/mol.